The van der Waals surface area contributed by atoms with E-state index in [9.17, 15) is 0 Å². The highest BCUT2D eigenvalue weighted by molar-refractivity contribution is 9.10. The molecule has 0 aromatic heterocycles. The number of halogens is 1. The molecule has 0 saturated carbocycles. The molecular formula is C17H21BrN+. The van der Waals surface area contributed by atoms with Crippen molar-refractivity contribution in [1.82, 2.24) is 0 Å². The van der Waals surface area contributed by atoms with Crippen LogP contribution in [0, 0.1) is 11.8 Å². The van der Waals surface area contributed by atoms with Gasteiger partial charge in [-0.3, -0.25) is 0 Å². The third-order valence-corrected chi connectivity index (χ3v) is 4.30. The monoisotopic (exact) mass is 318 g/mol. The van der Waals surface area contributed by atoms with E-state index < -0.39 is 0 Å². The summed E-state index contributed by atoms with van der Waals surface area (Å²) in [5, 5.41) is 0. The summed E-state index contributed by atoms with van der Waals surface area (Å²) in [4.78, 5) is 0. The molecule has 1 aliphatic rings. The van der Waals surface area contributed by atoms with Crippen LogP contribution in [0.3, 0.4) is 0 Å². The molecule has 0 bridgehead atoms. The summed E-state index contributed by atoms with van der Waals surface area (Å²) in [6.07, 6.45) is 6.07. The van der Waals surface area contributed by atoms with E-state index in [1.165, 1.54) is 32.4 Å². The number of rotatable bonds is 3. The molecule has 2 rings (SSSR count). The molecule has 0 amide bonds. The first kappa shape index (κ1) is 14.4. The van der Waals surface area contributed by atoms with E-state index in [2.05, 4.69) is 46.5 Å². The fraction of sp³-hybridized carbons (Fsp3) is 0.412. The number of benzene rings is 1. The summed E-state index contributed by atoms with van der Waals surface area (Å²) < 4.78 is 2.21. The minimum atomic E-state index is 0.947. The molecule has 1 saturated heterocycles. The lowest BCUT2D eigenvalue weighted by atomic mass is 10.1. The summed E-state index contributed by atoms with van der Waals surface area (Å²) >= 11 is 3.44. The Kier molecular flexibility index (Phi) is 5.24. The molecule has 0 unspecified atom stereocenters. The SMILES string of the molecule is C=CC[N+]1(CC#Cc2ccc(Br)cc2)CCCCC1. The van der Waals surface area contributed by atoms with Gasteiger partial charge in [-0.05, 0) is 55.5 Å². The van der Waals surface area contributed by atoms with Gasteiger partial charge in [0, 0.05) is 10.0 Å². The van der Waals surface area contributed by atoms with Gasteiger partial charge in [0.25, 0.3) is 0 Å². The first-order valence-electron chi connectivity index (χ1n) is 6.95. The summed E-state index contributed by atoms with van der Waals surface area (Å²) in [6.45, 7) is 8.41. The Bertz CT molecular complexity index is 472. The van der Waals surface area contributed by atoms with Crippen molar-refractivity contribution < 1.29 is 4.48 Å². The topological polar surface area (TPSA) is 0 Å². The summed E-state index contributed by atoms with van der Waals surface area (Å²) in [6, 6.07) is 8.20. The zero-order valence-corrected chi connectivity index (χ0v) is 13.0. The first-order chi connectivity index (χ1) is 9.24. The molecule has 1 aliphatic heterocycles. The maximum atomic E-state index is 3.91. The Morgan fingerprint density at radius 1 is 1.16 bits per heavy atom. The van der Waals surface area contributed by atoms with Crippen LogP contribution in [-0.4, -0.2) is 30.7 Å². The van der Waals surface area contributed by atoms with Crippen LogP contribution in [0.2, 0.25) is 0 Å². The van der Waals surface area contributed by atoms with Gasteiger partial charge in [0.05, 0.1) is 19.6 Å². The molecule has 1 aromatic rings. The van der Waals surface area contributed by atoms with Gasteiger partial charge in [-0.1, -0.05) is 28.4 Å². The number of quaternary nitrogens is 1. The van der Waals surface area contributed by atoms with Crippen molar-refractivity contribution in [3.05, 3.63) is 47.0 Å². The molecule has 0 atom stereocenters. The summed E-state index contributed by atoms with van der Waals surface area (Å²) in [5.74, 6) is 6.66. The minimum Gasteiger partial charge on any atom is -0.310 e. The highest BCUT2D eigenvalue weighted by atomic mass is 79.9. The minimum absolute atomic E-state index is 0.947. The maximum absolute atomic E-state index is 3.91. The van der Waals surface area contributed by atoms with E-state index in [1.54, 1.807) is 0 Å². The van der Waals surface area contributed by atoms with E-state index in [4.69, 9.17) is 0 Å². The van der Waals surface area contributed by atoms with Crippen LogP contribution in [0.25, 0.3) is 0 Å². The third kappa shape index (κ3) is 4.23. The van der Waals surface area contributed by atoms with Gasteiger partial charge < -0.3 is 4.48 Å². The highest BCUT2D eigenvalue weighted by Crippen LogP contribution is 2.18. The fourth-order valence-corrected chi connectivity index (χ4v) is 2.97. The molecule has 1 nitrogen and oxygen atoms in total. The molecule has 0 radical (unpaired) electrons. The number of nitrogens with zero attached hydrogens (tertiary/aromatic N) is 1. The second-order valence-corrected chi connectivity index (χ2v) is 6.20. The maximum Gasteiger partial charge on any atom is 0.141 e. The average molecular weight is 319 g/mol. The van der Waals surface area contributed by atoms with Gasteiger partial charge in [-0.15, -0.1) is 0 Å². The number of hydrogen-bond donors (Lipinski definition) is 0. The number of hydrogen-bond acceptors (Lipinski definition) is 0. The molecule has 19 heavy (non-hydrogen) atoms. The van der Waals surface area contributed by atoms with Gasteiger partial charge >= 0.3 is 0 Å². The molecule has 2 heteroatoms. The first-order valence-corrected chi connectivity index (χ1v) is 7.74. The van der Waals surface area contributed by atoms with E-state index in [-0.39, 0.29) is 0 Å². The quantitative estimate of drug-likeness (QED) is 0.449. The van der Waals surface area contributed by atoms with E-state index >= 15 is 0 Å². The van der Waals surface area contributed by atoms with Gasteiger partial charge in [0.2, 0.25) is 0 Å². The van der Waals surface area contributed by atoms with Crippen LogP contribution in [0.15, 0.2) is 41.4 Å². The van der Waals surface area contributed by atoms with Crippen molar-refractivity contribution in [2.75, 3.05) is 26.2 Å². The number of piperidine rings is 1. The van der Waals surface area contributed by atoms with Crippen LogP contribution < -0.4 is 0 Å². The van der Waals surface area contributed by atoms with Crippen LogP contribution in [0.5, 0.6) is 0 Å². The van der Waals surface area contributed by atoms with Crippen LogP contribution in [0.4, 0.5) is 0 Å². The van der Waals surface area contributed by atoms with Crippen molar-refractivity contribution in [2.24, 2.45) is 0 Å². The summed E-state index contributed by atoms with van der Waals surface area (Å²) in [5.41, 5.74) is 1.09. The van der Waals surface area contributed by atoms with Gasteiger partial charge in [-0.25, -0.2) is 0 Å². The van der Waals surface area contributed by atoms with Crippen LogP contribution in [0.1, 0.15) is 24.8 Å². The molecule has 0 N–H and O–H groups in total. The Labute approximate surface area is 125 Å². The Balaban J connectivity index is 2.02. The van der Waals surface area contributed by atoms with Crippen molar-refractivity contribution in [1.29, 1.82) is 0 Å². The molecule has 0 aliphatic carbocycles. The largest absolute Gasteiger partial charge is 0.310 e. The van der Waals surface area contributed by atoms with Gasteiger partial charge in [0.15, 0.2) is 0 Å². The molecule has 1 fully saturated rings. The Morgan fingerprint density at radius 2 is 1.84 bits per heavy atom. The molecule has 0 spiro atoms. The lowest BCUT2D eigenvalue weighted by Crippen LogP contribution is -2.51. The Hall–Kier alpha value is -1.04. The average Bonchev–Trinajstić information content (AvgIpc) is 2.42. The van der Waals surface area contributed by atoms with E-state index in [0.717, 1.165) is 27.6 Å². The lowest BCUT2D eigenvalue weighted by Gasteiger charge is -2.39. The zero-order valence-electron chi connectivity index (χ0n) is 11.4. The molecule has 1 heterocycles. The second kappa shape index (κ2) is 6.93. The third-order valence-electron chi connectivity index (χ3n) is 3.77. The van der Waals surface area contributed by atoms with E-state index in [0.29, 0.717) is 0 Å². The zero-order chi connectivity index (χ0) is 13.6. The van der Waals surface area contributed by atoms with Crippen molar-refractivity contribution in [3.8, 4) is 11.8 Å². The fourth-order valence-electron chi connectivity index (χ4n) is 2.70. The summed E-state index contributed by atoms with van der Waals surface area (Å²) in [7, 11) is 0. The van der Waals surface area contributed by atoms with E-state index in [1.807, 2.05) is 18.2 Å². The van der Waals surface area contributed by atoms with Crippen LogP contribution >= 0.6 is 15.9 Å². The smallest absolute Gasteiger partial charge is 0.141 e. The normalized spacial score (nSPS) is 17.3. The van der Waals surface area contributed by atoms with Crippen molar-refractivity contribution >= 4 is 15.9 Å². The Morgan fingerprint density at radius 3 is 2.47 bits per heavy atom. The van der Waals surface area contributed by atoms with Gasteiger partial charge in [-0.2, -0.15) is 0 Å². The highest BCUT2D eigenvalue weighted by Gasteiger charge is 2.27. The second-order valence-electron chi connectivity index (χ2n) is 5.29. The molecule has 1 aromatic carbocycles. The van der Waals surface area contributed by atoms with Gasteiger partial charge in [0.1, 0.15) is 6.54 Å². The predicted molar refractivity (Wildman–Crippen MR) is 84.8 cm³/mol. The van der Waals surface area contributed by atoms with Crippen molar-refractivity contribution in [3.63, 3.8) is 0 Å². The van der Waals surface area contributed by atoms with Crippen molar-refractivity contribution in [2.45, 2.75) is 19.3 Å². The number of likely N-dealkylation sites (tertiary alicyclic amines) is 1. The lowest BCUT2D eigenvalue weighted by molar-refractivity contribution is -0.920. The van der Waals surface area contributed by atoms with Crippen LogP contribution in [-0.2, 0) is 0 Å². The predicted octanol–water partition coefficient (Wildman–Crippen LogP) is 3.99. The molecule has 100 valence electrons. The molecular weight excluding hydrogens is 298 g/mol. The standard InChI is InChI=1S/C17H21BrN/c1-2-12-19(13-4-3-5-14-19)15-6-7-16-8-10-17(18)11-9-16/h2,8-11H,1,3-5,12-15H2/q+1.